The third-order valence-corrected chi connectivity index (χ3v) is 4.49. The summed E-state index contributed by atoms with van der Waals surface area (Å²) in [5.74, 6) is -0.169. The summed E-state index contributed by atoms with van der Waals surface area (Å²) in [4.78, 5) is 23.4. The van der Waals surface area contributed by atoms with Gasteiger partial charge in [-0.1, -0.05) is 48.5 Å². The molecule has 4 aromatic rings. The van der Waals surface area contributed by atoms with Gasteiger partial charge in [0.25, 0.3) is 11.6 Å². The summed E-state index contributed by atoms with van der Waals surface area (Å²) in [6.07, 6.45) is 1.34. The summed E-state index contributed by atoms with van der Waals surface area (Å²) in [6, 6.07) is 21.7. The van der Waals surface area contributed by atoms with E-state index in [0.29, 0.717) is 5.56 Å². The Morgan fingerprint density at radius 3 is 2.18 bits per heavy atom. The van der Waals surface area contributed by atoms with E-state index in [4.69, 9.17) is 0 Å². The van der Waals surface area contributed by atoms with Crippen LogP contribution >= 0.6 is 0 Å². The second-order valence-corrected chi connectivity index (χ2v) is 6.17. The maximum Gasteiger partial charge on any atom is 0.278 e. The average molecular weight is 372 g/mol. The third-order valence-electron chi connectivity index (χ3n) is 4.49. The van der Waals surface area contributed by atoms with Crippen molar-refractivity contribution in [3.05, 3.63) is 88.5 Å². The van der Waals surface area contributed by atoms with Crippen LogP contribution in [0, 0.1) is 10.1 Å². The number of fused-ring (bicyclic) bond motifs is 3. The Bertz CT molecular complexity index is 1170. The zero-order valence-corrected chi connectivity index (χ0v) is 14.8. The van der Waals surface area contributed by atoms with Crippen molar-refractivity contribution < 1.29 is 9.72 Å². The zero-order chi connectivity index (χ0) is 19.5. The lowest BCUT2D eigenvalue weighted by Gasteiger charge is -2.05. The van der Waals surface area contributed by atoms with Crippen molar-refractivity contribution in [2.24, 2.45) is 5.10 Å². The van der Waals surface area contributed by atoms with E-state index in [9.17, 15) is 14.9 Å². The van der Waals surface area contributed by atoms with Crippen molar-refractivity contribution in [2.75, 3.05) is 6.54 Å². The molecule has 28 heavy (non-hydrogen) atoms. The zero-order valence-electron chi connectivity index (χ0n) is 14.8. The van der Waals surface area contributed by atoms with Crippen molar-refractivity contribution in [2.45, 2.75) is 0 Å². The molecule has 0 aliphatic carbocycles. The highest BCUT2D eigenvalue weighted by Crippen LogP contribution is 2.28. The molecule has 0 aliphatic rings. The molecule has 7 nitrogen and oxygen atoms in total. The third kappa shape index (κ3) is 3.09. The number of hydrazone groups is 1. The number of nitrogens with one attached hydrogen (secondary N) is 1. The number of aromatic nitrogens is 1. The molecule has 0 atom stereocenters. The number of para-hydroxylation sites is 3. The Morgan fingerprint density at radius 2 is 1.54 bits per heavy atom. The van der Waals surface area contributed by atoms with Crippen molar-refractivity contribution in [1.82, 2.24) is 9.99 Å². The summed E-state index contributed by atoms with van der Waals surface area (Å²) >= 11 is 0. The molecule has 0 aliphatic heterocycles. The van der Waals surface area contributed by atoms with Crippen LogP contribution in [0.1, 0.15) is 10.4 Å². The van der Waals surface area contributed by atoms with Crippen LogP contribution in [0.3, 0.4) is 0 Å². The van der Waals surface area contributed by atoms with E-state index < -0.39 is 4.92 Å². The van der Waals surface area contributed by atoms with Gasteiger partial charge < -0.3 is 5.43 Å². The van der Waals surface area contributed by atoms with Crippen LogP contribution in [0.5, 0.6) is 0 Å². The van der Waals surface area contributed by atoms with Crippen LogP contribution in [0.15, 0.2) is 77.9 Å². The predicted octanol–water partition coefficient (Wildman–Crippen LogP) is 3.97. The minimum Gasteiger partial charge on any atom is -0.301 e. The van der Waals surface area contributed by atoms with Gasteiger partial charge in [-0.15, -0.1) is 0 Å². The van der Waals surface area contributed by atoms with E-state index in [2.05, 4.69) is 10.5 Å². The number of hydrogen-bond acceptors (Lipinski definition) is 5. The Labute approximate surface area is 160 Å². The topological polar surface area (TPSA) is 89.5 Å². The summed E-state index contributed by atoms with van der Waals surface area (Å²) in [6.45, 7) is -0.0419. The minimum atomic E-state index is -0.468. The molecule has 7 heteroatoms. The van der Waals surface area contributed by atoms with Gasteiger partial charge in [0.2, 0.25) is 0 Å². The molecule has 0 radical (unpaired) electrons. The van der Waals surface area contributed by atoms with Crippen molar-refractivity contribution in [3.8, 4) is 0 Å². The maximum absolute atomic E-state index is 12.8. The molecule has 0 spiro atoms. The highest BCUT2D eigenvalue weighted by atomic mass is 16.6. The standard InChI is InChI=1S/C21H16N4O3/c26-21(14-23-22-13-15-7-1-4-10-18(15)25(27)28)24-19-11-5-2-8-16(19)17-9-3-6-12-20(17)24/h1-13,23H,14H2/b22-13+. The summed E-state index contributed by atoms with van der Waals surface area (Å²) in [5.41, 5.74) is 4.68. The molecule has 0 fully saturated rings. The van der Waals surface area contributed by atoms with E-state index in [1.54, 1.807) is 22.8 Å². The van der Waals surface area contributed by atoms with Crippen molar-refractivity contribution in [3.63, 3.8) is 0 Å². The fourth-order valence-corrected chi connectivity index (χ4v) is 3.26. The van der Waals surface area contributed by atoms with Gasteiger partial charge in [-0.05, 0) is 18.2 Å². The lowest BCUT2D eigenvalue weighted by molar-refractivity contribution is -0.385. The minimum absolute atomic E-state index is 0.0400. The summed E-state index contributed by atoms with van der Waals surface area (Å²) in [5, 5.41) is 17.0. The largest absolute Gasteiger partial charge is 0.301 e. The first-order valence-electron chi connectivity index (χ1n) is 8.67. The number of hydrogen-bond donors (Lipinski definition) is 1. The van der Waals surface area contributed by atoms with Crippen LogP contribution in [-0.2, 0) is 0 Å². The summed E-state index contributed by atoms with van der Waals surface area (Å²) < 4.78 is 1.66. The second-order valence-electron chi connectivity index (χ2n) is 6.17. The Kier molecular flexibility index (Phi) is 4.55. The smallest absolute Gasteiger partial charge is 0.278 e. The van der Waals surface area contributed by atoms with Crippen LogP contribution in [0.2, 0.25) is 0 Å². The van der Waals surface area contributed by atoms with Crippen LogP contribution in [0.4, 0.5) is 5.69 Å². The number of carbonyl (C=O) groups is 1. The van der Waals surface area contributed by atoms with Gasteiger partial charge >= 0.3 is 0 Å². The maximum atomic E-state index is 12.8. The number of carbonyl (C=O) groups excluding carboxylic acids is 1. The molecule has 1 N–H and O–H groups in total. The van der Waals surface area contributed by atoms with E-state index in [0.717, 1.165) is 21.8 Å². The van der Waals surface area contributed by atoms with Crippen LogP contribution in [-0.4, -0.2) is 28.2 Å². The molecule has 1 aromatic heterocycles. The molecule has 4 rings (SSSR count). The van der Waals surface area contributed by atoms with Crippen LogP contribution < -0.4 is 5.43 Å². The highest BCUT2D eigenvalue weighted by molar-refractivity contribution is 6.13. The van der Waals surface area contributed by atoms with Gasteiger partial charge in [0.05, 0.1) is 27.7 Å². The lowest BCUT2D eigenvalue weighted by Crippen LogP contribution is -2.23. The van der Waals surface area contributed by atoms with Gasteiger partial charge in [-0.25, -0.2) is 0 Å². The predicted molar refractivity (Wildman–Crippen MR) is 109 cm³/mol. The summed E-state index contributed by atoms with van der Waals surface area (Å²) in [7, 11) is 0. The van der Waals surface area contributed by atoms with Gasteiger partial charge in [0.15, 0.2) is 0 Å². The molecule has 0 unspecified atom stereocenters. The van der Waals surface area contributed by atoms with Crippen LogP contribution in [0.25, 0.3) is 21.8 Å². The monoisotopic (exact) mass is 372 g/mol. The lowest BCUT2D eigenvalue weighted by atomic mass is 10.2. The fourth-order valence-electron chi connectivity index (χ4n) is 3.26. The van der Waals surface area contributed by atoms with E-state index in [1.165, 1.54) is 12.3 Å². The molecular weight excluding hydrogens is 356 g/mol. The highest BCUT2D eigenvalue weighted by Gasteiger charge is 2.15. The van der Waals surface area contributed by atoms with E-state index in [-0.39, 0.29) is 18.1 Å². The Morgan fingerprint density at radius 1 is 0.964 bits per heavy atom. The first kappa shape index (κ1) is 17.4. The Balaban J connectivity index is 1.57. The molecule has 1 heterocycles. The molecule has 0 saturated carbocycles. The van der Waals surface area contributed by atoms with E-state index in [1.807, 2.05) is 48.5 Å². The number of nitro benzene ring substituents is 1. The van der Waals surface area contributed by atoms with Gasteiger partial charge in [-0.2, -0.15) is 5.10 Å². The van der Waals surface area contributed by atoms with E-state index >= 15 is 0 Å². The first-order valence-corrected chi connectivity index (χ1v) is 8.67. The molecule has 0 bridgehead atoms. The SMILES string of the molecule is O=C(CN/N=C/c1ccccc1[N+](=O)[O-])n1c2ccccc2c2ccccc21. The average Bonchev–Trinajstić information content (AvgIpc) is 3.06. The number of benzene rings is 3. The Hall–Kier alpha value is -4.00. The second kappa shape index (κ2) is 7.32. The van der Waals surface area contributed by atoms with Crippen molar-refractivity contribution in [1.29, 1.82) is 0 Å². The molecule has 138 valence electrons. The van der Waals surface area contributed by atoms with Gasteiger partial charge in [0.1, 0.15) is 6.54 Å². The number of nitro groups is 1. The van der Waals surface area contributed by atoms with Gasteiger partial charge in [0, 0.05) is 16.8 Å². The quantitative estimate of drug-likeness (QED) is 0.326. The van der Waals surface area contributed by atoms with Gasteiger partial charge in [-0.3, -0.25) is 19.5 Å². The molecule has 3 aromatic carbocycles. The number of nitrogens with zero attached hydrogens (tertiary/aromatic N) is 3. The fraction of sp³-hybridized carbons (Fsp3) is 0.0476. The molecule has 0 saturated heterocycles. The normalized spacial score (nSPS) is 11.3. The molecule has 0 amide bonds. The molecular formula is C21H16N4O3. The number of rotatable bonds is 5. The first-order chi connectivity index (χ1) is 13.7. The van der Waals surface area contributed by atoms with Crippen molar-refractivity contribution >= 4 is 39.6 Å².